The third kappa shape index (κ3) is 6.41. The highest BCUT2D eigenvalue weighted by molar-refractivity contribution is 9.10. The molecule has 0 aromatic carbocycles. The van der Waals surface area contributed by atoms with E-state index in [4.69, 9.17) is 5.11 Å². The maximum absolute atomic E-state index is 10.7. The van der Waals surface area contributed by atoms with Crippen LogP contribution in [0.25, 0.3) is 0 Å². The number of hydrogen-bond donors (Lipinski definition) is 1. The number of alkyl halides is 1. The van der Waals surface area contributed by atoms with Gasteiger partial charge in [0, 0.05) is 0 Å². The van der Waals surface area contributed by atoms with Crippen LogP contribution in [0, 0.1) is 0 Å². The summed E-state index contributed by atoms with van der Waals surface area (Å²) in [5, 5.41) is 8.84. The Kier molecular flexibility index (Phi) is 7.24. The fraction of sp³-hybridized carbons (Fsp3) is 0.909. The molecule has 84 valence electrons. The van der Waals surface area contributed by atoms with Crippen LogP contribution in [0.15, 0.2) is 0 Å². The molecule has 14 heavy (non-hydrogen) atoms. The molecular weight excluding hydrogens is 244 g/mol. The maximum atomic E-state index is 10.7. The molecule has 0 saturated carbocycles. The molecule has 0 fully saturated rings. The molecule has 1 atom stereocenters. The van der Waals surface area contributed by atoms with E-state index in [1.54, 1.807) is 6.92 Å². The lowest BCUT2D eigenvalue weighted by atomic mass is 10.0. The largest absolute Gasteiger partial charge is 0.480 e. The average molecular weight is 265 g/mol. The van der Waals surface area contributed by atoms with Gasteiger partial charge in [0.25, 0.3) is 0 Å². The normalized spacial score (nSPS) is 15.1. The van der Waals surface area contributed by atoms with Crippen LogP contribution in [0.3, 0.4) is 0 Å². The van der Waals surface area contributed by atoms with E-state index in [0.29, 0.717) is 6.42 Å². The summed E-state index contributed by atoms with van der Waals surface area (Å²) in [6.07, 6.45) is 7.93. The van der Waals surface area contributed by atoms with Crippen molar-refractivity contribution in [3.8, 4) is 0 Å². The lowest BCUT2D eigenvalue weighted by Crippen LogP contribution is -2.27. The summed E-state index contributed by atoms with van der Waals surface area (Å²) in [6.45, 7) is 3.92. The van der Waals surface area contributed by atoms with E-state index in [1.807, 2.05) is 0 Å². The molecule has 0 rings (SSSR count). The fourth-order valence-corrected chi connectivity index (χ4v) is 1.62. The Hall–Kier alpha value is -0.0500. The Morgan fingerprint density at radius 2 is 1.71 bits per heavy atom. The van der Waals surface area contributed by atoms with E-state index < -0.39 is 10.3 Å². The number of aliphatic carboxylic acids is 1. The maximum Gasteiger partial charge on any atom is 0.320 e. The zero-order valence-electron chi connectivity index (χ0n) is 9.18. The van der Waals surface area contributed by atoms with Gasteiger partial charge in [-0.25, -0.2) is 0 Å². The van der Waals surface area contributed by atoms with Crippen LogP contribution in [0.5, 0.6) is 0 Å². The minimum atomic E-state index is -0.758. The molecule has 1 unspecified atom stereocenters. The SMILES string of the molecule is CCCCCCCCC(C)(Br)C(=O)O. The molecule has 0 spiro atoms. The predicted molar refractivity (Wildman–Crippen MR) is 63.0 cm³/mol. The highest BCUT2D eigenvalue weighted by atomic mass is 79.9. The Bertz CT molecular complexity index is 167. The van der Waals surface area contributed by atoms with E-state index in [0.717, 1.165) is 12.8 Å². The molecule has 0 heterocycles. The summed E-state index contributed by atoms with van der Waals surface area (Å²) in [4.78, 5) is 10.7. The monoisotopic (exact) mass is 264 g/mol. The smallest absolute Gasteiger partial charge is 0.320 e. The van der Waals surface area contributed by atoms with Crippen molar-refractivity contribution in [3.63, 3.8) is 0 Å². The third-order valence-corrected chi connectivity index (χ3v) is 3.18. The number of halogens is 1. The van der Waals surface area contributed by atoms with Crippen LogP contribution in [-0.4, -0.2) is 15.4 Å². The molecule has 1 N–H and O–H groups in total. The lowest BCUT2D eigenvalue weighted by molar-refractivity contribution is -0.139. The minimum Gasteiger partial charge on any atom is -0.480 e. The first-order chi connectivity index (χ1) is 6.50. The van der Waals surface area contributed by atoms with Gasteiger partial charge in [-0.15, -0.1) is 0 Å². The summed E-state index contributed by atoms with van der Waals surface area (Å²) in [5.41, 5.74) is 0. The zero-order chi connectivity index (χ0) is 11.0. The van der Waals surface area contributed by atoms with Crippen molar-refractivity contribution in [2.75, 3.05) is 0 Å². The second kappa shape index (κ2) is 7.27. The number of hydrogen-bond acceptors (Lipinski definition) is 1. The van der Waals surface area contributed by atoms with Gasteiger partial charge in [0.15, 0.2) is 0 Å². The molecule has 0 amide bonds. The number of carboxylic acids is 1. The average Bonchev–Trinajstić information content (AvgIpc) is 2.10. The molecule has 0 aliphatic carbocycles. The standard InChI is InChI=1S/C11H21BrO2/c1-3-4-5-6-7-8-9-11(2,12)10(13)14/h3-9H2,1-2H3,(H,13,14). The van der Waals surface area contributed by atoms with E-state index in [9.17, 15) is 4.79 Å². The van der Waals surface area contributed by atoms with Gasteiger partial charge >= 0.3 is 5.97 Å². The highest BCUT2D eigenvalue weighted by Gasteiger charge is 2.28. The van der Waals surface area contributed by atoms with Crippen LogP contribution < -0.4 is 0 Å². The lowest BCUT2D eigenvalue weighted by Gasteiger charge is -2.16. The van der Waals surface area contributed by atoms with Crippen molar-refractivity contribution >= 4 is 21.9 Å². The fourth-order valence-electron chi connectivity index (χ4n) is 1.34. The van der Waals surface area contributed by atoms with Gasteiger partial charge in [0.1, 0.15) is 4.32 Å². The van der Waals surface area contributed by atoms with E-state index in [2.05, 4.69) is 22.9 Å². The first kappa shape index (κ1) is 13.9. The number of carboxylic acid groups (broad SMARTS) is 1. The molecule has 0 radical (unpaired) electrons. The quantitative estimate of drug-likeness (QED) is 0.532. The second-order valence-electron chi connectivity index (χ2n) is 4.02. The van der Waals surface area contributed by atoms with Gasteiger partial charge < -0.3 is 5.11 Å². The van der Waals surface area contributed by atoms with Gasteiger partial charge in [0.2, 0.25) is 0 Å². The molecule has 2 nitrogen and oxygen atoms in total. The zero-order valence-corrected chi connectivity index (χ0v) is 10.8. The van der Waals surface area contributed by atoms with Crippen molar-refractivity contribution in [2.24, 2.45) is 0 Å². The van der Waals surface area contributed by atoms with E-state index in [1.165, 1.54) is 25.7 Å². The minimum absolute atomic E-state index is 0.717. The van der Waals surface area contributed by atoms with Crippen LogP contribution in [0.2, 0.25) is 0 Å². The topological polar surface area (TPSA) is 37.3 Å². The van der Waals surface area contributed by atoms with E-state index >= 15 is 0 Å². The molecule has 0 bridgehead atoms. The van der Waals surface area contributed by atoms with Crippen LogP contribution in [-0.2, 0) is 4.79 Å². The Labute approximate surface area is 95.2 Å². The van der Waals surface area contributed by atoms with Gasteiger partial charge in [0.05, 0.1) is 0 Å². The molecule has 0 aliphatic rings. The van der Waals surface area contributed by atoms with Crippen molar-refractivity contribution in [3.05, 3.63) is 0 Å². The Balaban J connectivity index is 3.40. The molecule has 0 saturated heterocycles. The Morgan fingerprint density at radius 1 is 1.21 bits per heavy atom. The Morgan fingerprint density at radius 3 is 2.21 bits per heavy atom. The summed E-state index contributed by atoms with van der Waals surface area (Å²) < 4.78 is -0.724. The predicted octanol–water partition coefficient (Wildman–Crippen LogP) is 3.98. The second-order valence-corrected chi connectivity index (χ2v) is 5.77. The van der Waals surface area contributed by atoms with Gasteiger partial charge in [-0.3, -0.25) is 4.79 Å². The van der Waals surface area contributed by atoms with Crippen molar-refractivity contribution in [2.45, 2.75) is 63.1 Å². The van der Waals surface area contributed by atoms with Gasteiger partial charge in [-0.05, 0) is 13.3 Å². The molecular formula is C11H21BrO2. The molecule has 0 aliphatic heterocycles. The summed E-state index contributed by atoms with van der Waals surface area (Å²) in [6, 6.07) is 0. The van der Waals surface area contributed by atoms with Gasteiger partial charge in [-0.1, -0.05) is 61.4 Å². The summed E-state index contributed by atoms with van der Waals surface area (Å²) in [5.74, 6) is -0.758. The number of carbonyl (C=O) groups is 1. The van der Waals surface area contributed by atoms with Crippen LogP contribution in [0.1, 0.15) is 58.8 Å². The molecule has 3 heteroatoms. The summed E-state index contributed by atoms with van der Waals surface area (Å²) in [7, 11) is 0. The number of unbranched alkanes of at least 4 members (excludes halogenated alkanes) is 5. The van der Waals surface area contributed by atoms with Crippen LogP contribution in [0.4, 0.5) is 0 Å². The van der Waals surface area contributed by atoms with Crippen molar-refractivity contribution in [1.82, 2.24) is 0 Å². The number of rotatable bonds is 8. The highest BCUT2D eigenvalue weighted by Crippen LogP contribution is 2.25. The molecule has 0 aromatic rings. The van der Waals surface area contributed by atoms with E-state index in [-0.39, 0.29) is 0 Å². The molecule has 0 aromatic heterocycles. The van der Waals surface area contributed by atoms with Crippen molar-refractivity contribution < 1.29 is 9.90 Å². The summed E-state index contributed by atoms with van der Waals surface area (Å²) >= 11 is 3.23. The van der Waals surface area contributed by atoms with Crippen molar-refractivity contribution in [1.29, 1.82) is 0 Å². The first-order valence-electron chi connectivity index (χ1n) is 5.43. The third-order valence-electron chi connectivity index (χ3n) is 2.45. The van der Waals surface area contributed by atoms with Crippen LogP contribution >= 0.6 is 15.9 Å². The first-order valence-corrected chi connectivity index (χ1v) is 6.22. The van der Waals surface area contributed by atoms with Gasteiger partial charge in [-0.2, -0.15) is 0 Å².